The van der Waals surface area contributed by atoms with Crippen LogP contribution < -0.4 is 5.32 Å². The molecule has 0 bridgehead atoms. The van der Waals surface area contributed by atoms with Gasteiger partial charge in [0.2, 0.25) is 0 Å². The summed E-state index contributed by atoms with van der Waals surface area (Å²) in [5.41, 5.74) is 0.0731. The van der Waals surface area contributed by atoms with Gasteiger partial charge in [0.1, 0.15) is 17.5 Å². The van der Waals surface area contributed by atoms with E-state index in [4.69, 9.17) is 0 Å². The zero-order valence-electron chi connectivity index (χ0n) is 9.18. The molecule has 0 fully saturated rings. The quantitative estimate of drug-likeness (QED) is 0.880. The van der Waals surface area contributed by atoms with Crippen molar-refractivity contribution in [3.8, 4) is 0 Å². The summed E-state index contributed by atoms with van der Waals surface area (Å²) < 4.78 is 40.8. The molecule has 0 aromatic heterocycles. The Morgan fingerprint density at radius 1 is 0.944 bits per heavy atom. The van der Waals surface area contributed by atoms with Crippen LogP contribution in [0.2, 0.25) is 0 Å². The maximum atomic E-state index is 13.4. The summed E-state index contributed by atoms with van der Waals surface area (Å²) in [5.74, 6) is -1.79. The van der Waals surface area contributed by atoms with E-state index in [-0.39, 0.29) is 17.8 Å². The van der Waals surface area contributed by atoms with Gasteiger partial charge >= 0.3 is 0 Å². The summed E-state index contributed by atoms with van der Waals surface area (Å²) >= 11 is 3.20. The minimum Gasteiger partial charge on any atom is -0.378 e. The average Bonchev–Trinajstić information content (AvgIpc) is 2.33. The van der Waals surface area contributed by atoms with Gasteiger partial charge < -0.3 is 5.32 Å². The van der Waals surface area contributed by atoms with Crippen LogP contribution in [0.15, 0.2) is 40.9 Å². The fourth-order valence-corrected chi connectivity index (χ4v) is 1.88. The number of benzene rings is 2. The highest BCUT2D eigenvalue weighted by Crippen LogP contribution is 2.21. The van der Waals surface area contributed by atoms with Crippen LogP contribution >= 0.6 is 15.9 Å². The fourth-order valence-electron chi connectivity index (χ4n) is 1.52. The Labute approximate surface area is 111 Å². The highest BCUT2D eigenvalue weighted by atomic mass is 79.9. The van der Waals surface area contributed by atoms with Crippen molar-refractivity contribution in [3.05, 3.63) is 63.9 Å². The van der Waals surface area contributed by atoms with Crippen molar-refractivity contribution in [1.82, 2.24) is 0 Å². The Morgan fingerprint density at radius 2 is 1.61 bits per heavy atom. The lowest BCUT2D eigenvalue weighted by Crippen LogP contribution is -2.05. The molecule has 0 aliphatic carbocycles. The monoisotopic (exact) mass is 315 g/mol. The van der Waals surface area contributed by atoms with Gasteiger partial charge in [0, 0.05) is 16.6 Å². The molecule has 0 atom stereocenters. The Hall–Kier alpha value is -1.49. The summed E-state index contributed by atoms with van der Waals surface area (Å²) in [5, 5.41) is 2.67. The van der Waals surface area contributed by atoms with Gasteiger partial charge in [-0.15, -0.1) is 0 Å². The van der Waals surface area contributed by atoms with E-state index in [9.17, 15) is 13.2 Å². The molecule has 18 heavy (non-hydrogen) atoms. The largest absolute Gasteiger partial charge is 0.378 e. The van der Waals surface area contributed by atoms with Crippen LogP contribution in [0.4, 0.5) is 18.9 Å². The molecular formula is C13H9BrF3N. The predicted octanol–water partition coefficient (Wildman–Crippen LogP) is 4.48. The van der Waals surface area contributed by atoms with Crippen LogP contribution in [0.5, 0.6) is 0 Å². The van der Waals surface area contributed by atoms with Gasteiger partial charge in [-0.1, -0.05) is 22.0 Å². The zero-order chi connectivity index (χ0) is 13.1. The summed E-state index contributed by atoms with van der Waals surface area (Å²) in [4.78, 5) is 0. The van der Waals surface area contributed by atoms with Crippen molar-refractivity contribution in [2.75, 3.05) is 5.32 Å². The first-order valence-corrected chi connectivity index (χ1v) is 5.99. The minimum absolute atomic E-state index is 0.114. The van der Waals surface area contributed by atoms with Crippen LogP contribution in [0.25, 0.3) is 0 Å². The molecule has 1 N–H and O–H groups in total. The highest BCUT2D eigenvalue weighted by Gasteiger charge is 2.09. The highest BCUT2D eigenvalue weighted by molar-refractivity contribution is 9.10. The standard InChI is InChI=1S/C13H9BrF3N/c14-8-4-5-12(17)13(6-8)18-7-9-10(15)2-1-3-11(9)16/h1-6,18H,7H2. The van der Waals surface area contributed by atoms with Crippen LogP contribution in [0.1, 0.15) is 5.56 Å². The van der Waals surface area contributed by atoms with E-state index in [0.717, 1.165) is 12.1 Å². The van der Waals surface area contributed by atoms with Gasteiger partial charge in [0.15, 0.2) is 0 Å². The van der Waals surface area contributed by atoms with E-state index in [0.29, 0.717) is 4.47 Å². The van der Waals surface area contributed by atoms with Gasteiger partial charge in [-0.25, -0.2) is 13.2 Å². The summed E-state index contributed by atoms with van der Waals surface area (Å²) in [6.07, 6.45) is 0. The normalized spacial score (nSPS) is 10.4. The third-order valence-electron chi connectivity index (χ3n) is 2.45. The third kappa shape index (κ3) is 2.85. The van der Waals surface area contributed by atoms with Crippen molar-refractivity contribution in [1.29, 1.82) is 0 Å². The Kier molecular flexibility index (Phi) is 3.91. The molecule has 0 saturated heterocycles. The molecule has 5 heteroatoms. The van der Waals surface area contributed by atoms with Gasteiger partial charge in [0.05, 0.1) is 5.69 Å². The lowest BCUT2D eigenvalue weighted by atomic mass is 10.2. The van der Waals surface area contributed by atoms with E-state index in [2.05, 4.69) is 21.2 Å². The minimum atomic E-state index is -0.655. The Morgan fingerprint density at radius 3 is 2.28 bits per heavy atom. The molecule has 0 radical (unpaired) electrons. The molecule has 94 valence electrons. The van der Waals surface area contributed by atoms with E-state index >= 15 is 0 Å². The number of rotatable bonds is 3. The third-order valence-corrected chi connectivity index (χ3v) is 2.94. The van der Waals surface area contributed by atoms with Gasteiger partial charge in [0.25, 0.3) is 0 Å². The summed E-state index contributed by atoms with van der Waals surface area (Å²) in [6.45, 7) is -0.119. The molecule has 0 aliphatic rings. The molecule has 0 saturated carbocycles. The van der Waals surface area contributed by atoms with Gasteiger partial charge in [-0.3, -0.25) is 0 Å². The second-order valence-electron chi connectivity index (χ2n) is 3.68. The first-order chi connectivity index (χ1) is 8.58. The predicted molar refractivity (Wildman–Crippen MR) is 67.8 cm³/mol. The molecule has 0 heterocycles. The summed E-state index contributed by atoms with van der Waals surface area (Å²) in [7, 11) is 0. The molecule has 0 aliphatic heterocycles. The van der Waals surface area contributed by atoms with E-state index in [1.54, 1.807) is 6.07 Å². The molecule has 2 aromatic rings. The van der Waals surface area contributed by atoms with E-state index in [1.807, 2.05) is 0 Å². The van der Waals surface area contributed by atoms with E-state index < -0.39 is 17.5 Å². The molecule has 0 amide bonds. The molecule has 2 rings (SSSR count). The van der Waals surface area contributed by atoms with Crippen molar-refractivity contribution in [2.24, 2.45) is 0 Å². The molecular weight excluding hydrogens is 307 g/mol. The zero-order valence-corrected chi connectivity index (χ0v) is 10.8. The SMILES string of the molecule is Fc1ccc(Br)cc1NCc1c(F)cccc1F. The second kappa shape index (κ2) is 5.44. The van der Waals surface area contributed by atoms with Crippen LogP contribution in [-0.2, 0) is 6.54 Å². The number of anilines is 1. The molecule has 0 unspecified atom stereocenters. The number of hydrogen-bond acceptors (Lipinski definition) is 1. The lowest BCUT2D eigenvalue weighted by Gasteiger charge is -2.09. The summed E-state index contributed by atoms with van der Waals surface area (Å²) in [6, 6.07) is 7.94. The number of hydrogen-bond donors (Lipinski definition) is 1. The first-order valence-electron chi connectivity index (χ1n) is 5.20. The average molecular weight is 316 g/mol. The molecule has 1 nitrogen and oxygen atoms in total. The van der Waals surface area contributed by atoms with Gasteiger partial charge in [-0.05, 0) is 30.3 Å². The maximum Gasteiger partial charge on any atom is 0.146 e. The Balaban J connectivity index is 2.19. The van der Waals surface area contributed by atoms with Crippen LogP contribution in [0, 0.1) is 17.5 Å². The second-order valence-corrected chi connectivity index (χ2v) is 4.59. The van der Waals surface area contributed by atoms with Crippen LogP contribution in [0.3, 0.4) is 0 Å². The van der Waals surface area contributed by atoms with Crippen molar-refractivity contribution in [2.45, 2.75) is 6.54 Å². The fraction of sp³-hybridized carbons (Fsp3) is 0.0769. The van der Waals surface area contributed by atoms with E-state index in [1.165, 1.54) is 18.2 Å². The maximum absolute atomic E-state index is 13.4. The van der Waals surface area contributed by atoms with Crippen LogP contribution in [-0.4, -0.2) is 0 Å². The molecule has 0 spiro atoms. The van der Waals surface area contributed by atoms with Crippen molar-refractivity contribution < 1.29 is 13.2 Å². The Bertz CT molecular complexity index is 552. The van der Waals surface area contributed by atoms with Crippen molar-refractivity contribution in [3.63, 3.8) is 0 Å². The van der Waals surface area contributed by atoms with Crippen molar-refractivity contribution >= 4 is 21.6 Å². The number of nitrogens with one attached hydrogen (secondary N) is 1. The number of halogens is 4. The topological polar surface area (TPSA) is 12.0 Å². The van der Waals surface area contributed by atoms with Gasteiger partial charge in [-0.2, -0.15) is 0 Å². The smallest absolute Gasteiger partial charge is 0.146 e. The molecule has 2 aromatic carbocycles. The lowest BCUT2D eigenvalue weighted by molar-refractivity contribution is 0.559. The first kappa shape index (κ1) is 13.0.